The Labute approximate surface area is 111 Å². The minimum Gasteiger partial charge on any atom is -0.392 e. The van der Waals surface area contributed by atoms with E-state index < -0.39 is 5.82 Å². The second-order valence-electron chi connectivity index (χ2n) is 3.45. The van der Waals surface area contributed by atoms with Gasteiger partial charge in [0.1, 0.15) is 10.4 Å². The Hall–Kier alpha value is -0.970. The maximum Gasteiger partial charge on any atom is 0.149 e. The molecule has 0 atom stereocenters. The molecule has 0 fully saturated rings. The Bertz CT molecular complexity index is 562. The molecule has 0 aliphatic rings. The van der Waals surface area contributed by atoms with Gasteiger partial charge in [-0.2, -0.15) is 0 Å². The van der Waals surface area contributed by atoms with Gasteiger partial charge in [0.2, 0.25) is 0 Å². The Morgan fingerprint density at radius 1 is 1.29 bits per heavy atom. The molecule has 0 saturated heterocycles. The molecular weight excluding hydrogens is 308 g/mol. The van der Waals surface area contributed by atoms with E-state index in [4.69, 9.17) is 11.6 Å². The number of hydrogen-bond donors (Lipinski definition) is 1. The van der Waals surface area contributed by atoms with Gasteiger partial charge in [0.25, 0.3) is 0 Å². The van der Waals surface area contributed by atoms with Crippen molar-refractivity contribution in [3.63, 3.8) is 0 Å². The largest absolute Gasteiger partial charge is 0.392 e. The van der Waals surface area contributed by atoms with Crippen molar-refractivity contribution in [2.75, 3.05) is 0 Å². The first-order valence-electron chi connectivity index (χ1n) is 4.82. The van der Waals surface area contributed by atoms with Crippen molar-refractivity contribution in [3.8, 4) is 11.1 Å². The van der Waals surface area contributed by atoms with Crippen LogP contribution in [0.25, 0.3) is 11.1 Å². The van der Waals surface area contributed by atoms with Crippen LogP contribution in [0.2, 0.25) is 5.02 Å². The molecule has 0 spiro atoms. The molecule has 5 heteroatoms. The van der Waals surface area contributed by atoms with E-state index >= 15 is 0 Å². The van der Waals surface area contributed by atoms with Crippen LogP contribution in [0.15, 0.2) is 35.1 Å². The highest BCUT2D eigenvalue weighted by molar-refractivity contribution is 9.10. The van der Waals surface area contributed by atoms with Gasteiger partial charge < -0.3 is 5.11 Å². The summed E-state index contributed by atoms with van der Waals surface area (Å²) >= 11 is 9.02. The van der Waals surface area contributed by atoms with E-state index in [9.17, 15) is 9.50 Å². The smallest absolute Gasteiger partial charge is 0.149 e. The predicted molar refractivity (Wildman–Crippen MR) is 68.3 cm³/mol. The van der Waals surface area contributed by atoms with Crippen LogP contribution in [-0.4, -0.2) is 10.1 Å². The quantitative estimate of drug-likeness (QED) is 0.855. The highest BCUT2D eigenvalue weighted by atomic mass is 79.9. The molecule has 1 aromatic carbocycles. The standard InChI is InChI=1S/C12H8BrClFNO/c13-12-4-10(11(15)5-16-12)9-2-1-8(14)3-7(9)6-17/h1-5,17H,6H2. The molecule has 0 bridgehead atoms. The van der Waals surface area contributed by atoms with Gasteiger partial charge in [0, 0.05) is 10.6 Å². The molecule has 1 aromatic heterocycles. The number of hydrogen-bond acceptors (Lipinski definition) is 2. The zero-order chi connectivity index (χ0) is 12.4. The number of nitrogens with zero attached hydrogens (tertiary/aromatic N) is 1. The van der Waals surface area contributed by atoms with E-state index in [1.165, 1.54) is 0 Å². The fourth-order valence-electron chi connectivity index (χ4n) is 1.58. The molecule has 1 heterocycles. The first kappa shape index (κ1) is 12.5. The normalized spacial score (nSPS) is 10.6. The highest BCUT2D eigenvalue weighted by Crippen LogP contribution is 2.29. The van der Waals surface area contributed by atoms with E-state index in [1.807, 2.05) is 0 Å². The molecule has 2 rings (SSSR count). The number of halogens is 3. The lowest BCUT2D eigenvalue weighted by Gasteiger charge is -2.09. The Morgan fingerprint density at radius 3 is 2.76 bits per heavy atom. The maximum atomic E-state index is 13.7. The Balaban J connectivity index is 2.63. The zero-order valence-corrected chi connectivity index (χ0v) is 11.0. The lowest BCUT2D eigenvalue weighted by Crippen LogP contribution is -1.93. The summed E-state index contributed by atoms with van der Waals surface area (Å²) < 4.78 is 14.2. The number of aliphatic hydroxyl groups is 1. The van der Waals surface area contributed by atoms with Gasteiger partial charge in [-0.05, 0) is 45.3 Å². The fourth-order valence-corrected chi connectivity index (χ4v) is 2.10. The van der Waals surface area contributed by atoms with Crippen molar-refractivity contribution in [2.24, 2.45) is 0 Å². The van der Waals surface area contributed by atoms with Crippen LogP contribution in [0.3, 0.4) is 0 Å². The molecule has 17 heavy (non-hydrogen) atoms. The summed E-state index contributed by atoms with van der Waals surface area (Å²) in [5, 5.41) is 9.76. The lowest BCUT2D eigenvalue weighted by atomic mass is 10.0. The third kappa shape index (κ3) is 2.65. The van der Waals surface area contributed by atoms with Crippen molar-refractivity contribution in [1.82, 2.24) is 4.98 Å². The molecule has 0 aliphatic heterocycles. The number of aromatic nitrogens is 1. The third-order valence-corrected chi connectivity index (χ3v) is 3.02. The predicted octanol–water partition coefficient (Wildman–Crippen LogP) is 3.80. The highest BCUT2D eigenvalue weighted by Gasteiger charge is 2.11. The van der Waals surface area contributed by atoms with Gasteiger partial charge in [-0.15, -0.1) is 0 Å². The van der Waals surface area contributed by atoms with Crippen LogP contribution in [0.1, 0.15) is 5.56 Å². The summed E-state index contributed by atoms with van der Waals surface area (Å²) in [4.78, 5) is 3.79. The van der Waals surface area contributed by atoms with Crippen LogP contribution in [0.5, 0.6) is 0 Å². The molecule has 0 radical (unpaired) electrons. The molecule has 0 unspecified atom stereocenters. The molecule has 0 saturated carbocycles. The van der Waals surface area contributed by atoms with Crippen molar-refractivity contribution < 1.29 is 9.50 Å². The van der Waals surface area contributed by atoms with E-state index in [0.29, 0.717) is 26.3 Å². The average molecular weight is 317 g/mol. The molecule has 2 nitrogen and oxygen atoms in total. The van der Waals surface area contributed by atoms with Crippen LogP contribution < -0.4 is 0 Å². The number of aliphatic hydroxyl groups excluding tert-OH is 1. The topological polar surface area (TPSA) is 33.1 Å². The van der Waals surface area contributed by atoms with E-state index in [1.54, 1.807) is 24.3 Å². The monoisotopic (exact) mass is 315 g/mol. The summed E-state index contributed by atoms with van der Waals surface area (Å²) in [5.74, 6) is -0.440. The SMILES string of the molecule is OCc1cc(Cl)ccc1-c1cc(Br)ncc1F. The van der Waals surface area contributed by atoms with Crippen molar-refractivity contribution in [1.29, 1.82) is 0 Å². The molecule has 2 aromatic rings. The fraction of sp³-hybridized carbons (Fsp3) is 0.0833. The summed E-state index contributed by atoms with van der Waals surface area (Å²) in [6, 6.07) is 6.52. The number of rotatable bonds is 2. The van der Waals surface area contributed by atoms with Crippen LogP contribution in [-0.2, 0) is 6.61 Å². The van der Waals surface area contributed by atoms with Crippen molar-refractivity contribution in [2.45, 2.75) is 6.61 Å². The van der Waals surface area contributed by atoms with Gasteiger partial charge >= 0.3 is 0 Å². The average Bonchev–Trinajstić information content (AvgIpc) is 2.32. The van der Waals surface area contributed by atoms with E-state index in [-0.39, 0.29) is 6.61 Å². The number of benzene rings is 1. The first-order valence-corrected chi connectivity index (χ1v) is 5.99. The third-order valence-electron chi connectivity index (χ3n) is 2.35. The van der Waals surface area contributed by atoms with Crippen molar-refractivity contribution >= 4 is 27.5 Å². The minimum absolute atomic E-state index is 0.199. The van der Waals surface area contributed by atoms with Gasteiger partial charge in [0.05, 0.1) is 12.8 Å². The summed E-state index contributed by atoms with van der Waals surface area (Å²) in [5.41, 5.74) is 1.57. The van der Waals surface area contributed by atoms with Crippen molar-refractivity contribution in [3.05, 3.63) is 51.5 Å². The van der Waals surface area contributed by atoms with Gasteiger partial charge in [0.15, 0.2) is 0 Å². The molecule has 88 valence electrons. The molecule has 0 amide bonds. The maximum absolute atomic E-state index is 13.7. The Kier molecular flexibility index (Phi) is 3.76. The molecule has 0 aliphatic carbocycles. The Morgan fingerprint density at radius 2 is 2.06 bits per heavy atom. The number of pyridine rings is 1. The van der Waals surface area contributed by atoms with Crippen LogP contribution in [0, 0.1) is 5.82 Å². The summed E-state index contributed by atoms with van der Waals surface area (Å²) in [6.07, 6.45) is 1.13. The zero-order valence-electron chi connectivity index (χ0n) is 8.62. The lowest BCUT2D eigenvalue weighted by molar-refractivity contribution is 0.282. The van der Waals surface area contributed by atoms with E-state index in [0.717, 1.165) is 6.20 Å². The van der Waals surface area contributed by atoms with Gasteiger partial charge in [-0.3, -0.25) is 0 Å². The first-order chi connectivity index (χ1) is 8.11. The van der Waals surface area contributed by atoms with E-state index in [2.05, 4.69) is 20.9 Å². The second kappa shape index (κ2) is 5.12. The second-order valence-corrected chi connectivity index (χ2v) is 4.70. The van der Waals surface area contributed by atoms with Crippen LogP contribution in [0.4, 0.5) is 4.39 Å². The van der Waals surface area contributed by atoms with Gasteiger partial charge in [-0.1, -0.05) is 17.7 Å². The minimum atomic E-state index is -0.440. The molecule has 1 N–H and O–H groups in total. The summed E-state index contributed by atoms with van der Waals surface area (Å²) in [7, 11) is 0. The molecular formula is C12H8BrClFNO. The summed E-state index contributed by atoms with van der Waals surface area (Å²) in [6.45, 7) is -0.199. The van der Waals surface area contributed by atoms with Gasteiger partial charge in [-0.25, -0.2) is 9.37 Å². The van der Waals surface area contributed by atoms with Crippen LogP contribution >= 0.6 is 27.5 Å².